The maximum Gasteiger partial charge on any atom is 0.306 e. The van der Waals surface area contributed by atoms with E-state index in [0.29, 0.717) is 12.5 Å². The minimum absolute atomic E-state index is 0.0644. The fraction of sp³-hybridized carbons (Fsp3) is 0.857. The monoisotopic (exact) mass is 253 g/mol. The third-order valence-electron chi connectivity index (χ3n) is 4.59. The van der Waals surface area contributed by atoms with Crippen LogP contribution in [0.25, 0.3) is 0 Å². The highest BCUT2D eigenvalue weighted by molar-refractivity contribution is 5.80. The van der Waals surface area contributed by atoms with Crippen LogP contribution < -0.4 is 0 Å². The average Bonchev–Trinajstić information content (AvgIpc) is 2.91. The van der Waals surface area contributed by atoms with Gasteiger partial charge in [-0.3, -0.25) is 9.59 Å². The van der Waals surface area contributed by atoms with Gasteiger partial charge in [0.15, 0.2) is 0 Å². The van der Waals surface area contributed by atoms with Crippen LogP contribution in [0.1, 0.15) is 51.4 Å². The molecule has 2 unspecified atom stereocenters. The Morgan fingerprint density at radius 3 is 2.22 bits per heavy atom. The molecule has 1 N–H and O–H groups in total. The summed E-state index contributed by atoms with van der Waals surface area (Å²) in [5, 5.41) is 9.06. The Kier molecular flexibility index (Phi) is 4.25. The Morgan fingerprint density at radius 2 is 1.61 bits per heavy atom. The largest absolute Gasteiger partial charge is 0.481 e. The summed E-state index contributed by atoms with van der Waals surface area (Å²) < 4.78 is 0. The average molecular weight is 253 g/mol. The molecule has 2 saturated carbocycles. The van der Waals surface area contributed by atoms with E-state index in [1.54, 1.807) is 0 Å². The first-order chi connectivity index (χ1) is 8.59. The van der Waals surface area contributed by atoms with Crippen molar-refractivity contribution >= 4 is 11.9 Å². The van der Waals surface area contributed by atoms with Gasteiger partial charge in [-0.15, -0.1) is 0 Å². The van der Waals surface area contributed by atoms with E-state index in [9.17, 15) is 9.59 Å². The molecule has 18 heavy (non-hydrogen) atoms. The zero-order chi connectivity index (χ0) is 13.1. The lowest BCUT2D eigenvalue weighted by molar-refractivity contribution is -0.145. The first-order valence-electron chi connectivity index (χ1n) is 7.09. The van der Waals surface area contributed by atoms with Crippen LogP contribution in [-0.2, 0) is 9.59 Å². The van der Waals surface area contributed by atoms with E-state index in [1.165, 1.54) is 12.8 Å². The second-order valence-electron chi connectivity index (χ2n) is 5.79. The molecule has 0 aromatic rings. The summed E-state index contributed by atoms with van der Waals surface area (Å²) in [4.78, 5) is 25.3. The van der Waals surface area contributed by atoms with Gasteiger partial charge < -0.3 is 10.0 Å². The van der Waals surface area contributed by atoms with E-state index in [0.717, 1.165) is 32.1 Å². The van der Waals surface area contributed by atoms with Crippen molar-refractivity contribution in [2.24, 2.45) is 11.8 Å². The number of amides is 1. The van der Waals surface area contributed by atoms with Crippen molar-refractivity contribution in [2.75, 3.05) is 7.05 Å². The van der Waals surface area contributed by atoms with Crippen molar-refractivity contribution in [1.82, 2.24) is 4.90 Å². The Balaban J connectivity index is 1.93. The number of aliphatic carboxylic acids is 1. The fourth-order valence-corrected chi connectivity index (χ4v) is 3.40. The molecule has 2 rings (SSSR count). The molecular formula is C14H23NO3. The van der Waals surface area contributed by atoms with E-state index in [4.69, 9.17) is 5.11 Å². The highest BCUT2D eigenvalue weighted by Gasteiger charge is 2.34. The molecule has 2 aliphatic carbocycles. The second-order valence-corrected chi connectivity index (χ2v) is 5.79. The van der Waals surface area contributed by atoms with Gasteiger partial charge >= 0.3 is 5.97 Å². The summed E-state index contributed by atoms with van der Waals surface area (Å²) in [6.45, 7) is 0. The number of carboxylic acid groups (broad SMARTS) is 1. The van der Waals surface area contributed by atoms with Crippen LogP contribution in [0.15, 0.2) is 0 Å². The Bertz CT molecular complexity index is 323. The lowest BCUT2D eigenvalue weighted by atomic mass is 9.80. The molecule has 1 amide bonds. The van der Waals surface area contributed by atoms with Crippen LogP contribution in [0.4, 0.5) is 0 Å². The summed E-state index contributed by atoms with van der Waals surface area (Å²) in [5.41, 5.74) is 0. The quantitative estimate of drug-likeness (QED) is 0.839. The first-order valence-corrected chi connectivity index (χ1v) is 7.09. The predicted octanol–water partition coefficient (Wildman–Crippen LogP) is 2.28. The molecule has 0 aliphatic heterocycles. The molecular weight excluding hydrogens is 230 g/mol. The number of hydrogen-bond donors (Lipinski definition) is 1. The third kappa shape index (κ3) is 2.85. The minimum atomic E-state index is -0.740. The summed E-state index contributed by atoms with van der Waals surface area (Å²) in [6, 6.07) is 0.391. The molecule has 2 atom stereocenters. The van der Waals surface area contributed by atoms with Gasteiger partial charge in [0.25, 0.3) is 0 Å². The standard InChI is InChI=1S/C14H23NO3/c1-15(12-7-2-3-8-12)13(16)10-5-4-6-11(9-10)14(17)18/h10-12H,2-9H2,1H3,(H,17,18). The fourth-order valence-electron chi connectivity index (χ4n) is 3.40. The van der Waals surface area contributed by atoms with Crippen LogP contribution in [-0.4, -0.2) is 35.0 Å². The van der Waals surface area contributed by atoms with Crippen molar-refractivity contribution in [1.29, 1.82) is 0 Å². The van der Waals surface area contributed by atoms with Crippen molar-refractivity contribution < 1.29 is 14.7 Å². The van der Waals surface area contributed by atoms with Crippen LogP contribution in [0.3, 0.4) is 0 Å². The van der Waals surface area contributed by atoms with E-state index in [1.807, 2.05) is 11.9 Å². The van der Waals surface area contributed by atoms with Gasteiger partial charge in [0.2, 0.25) is 5.91 Å². The van der Waals surface area contributed by atoms with Crippen LogP contribution in [0.2, 0.25) is 0 Å². The predicted molar refractivity (Wildman–Crippen MR) is 68.1 cm³/mol. The molecule has 0 bridgehead atoms. The molecule has 0 radical (unpaired) electrons. The highest BCUT2D eigenvalue weighted by atomic mass is 16.4. The molecule has 0 saturated heterocycles. The molecule has 4 nitrogen and oxygen atoms in total. The van der Waals surface area contributed by atoms with E-state index < -0.39 is 5.97 Å². The van der Waals surface area contributed by atoms with Crippen molar-refractivity contribution in [3.63, 3.8) is 0 Å². The number of carbonyl (C=O) groups excluding carboxylic acids is 1. The molecule has 0 aromatic carbocycles. The summed E-state index contributed by atoms with van der Waals surface area (Å²) in [5.74, 6) is -0.945. The number of nitrogens with zero attached hydrogens (tertiary/aromatic N) is 1. The van der Waals surface area contributed by atoms with Gasteiger partial charge in [-0.2, -0.15) is 0 Å². The minimum Gasteiger partial charge on any atom is -0.481 e. The molecule has 0 spiro atoms. The van der Waals surface area contributed by atoms with Gasteiger partial charge in [-0.25, -0.2) is 0 Å². The van der Waals surface area contributed by atoms with Gasteiger partial charge in [0.05, 0.1) is 5.92 Å². The zero-order valence-corrected chi connectivity index (χ0v) is 11.1. The lowest BCUT2D eigenvalue weighted by Crippen LogP contribution is -2.41. The van der Waals surface area contributed by atoms with E-state index in [-0.39, 0.29) is 17.7 Å². The highest BCUT2D eigenvalue weighted by Crippen LogP contribution is 2.32. The maximum absolute atomic E-state index is 12.4. The molecule has 0 aromatic heterocycles. The molecule has 2 aliphatic rings. The topological polar surface area (TPSA) is 57.6 Å². The third-order valence-corrected chi connectivity index (χ3v) is 4.59. The summed E-state index contributed by atoms with van der Waals surface area (Å²) in [6.07, 6.45) is 7.63. The Labute approximate surface area is 108 Å². The summed E-state index contributed by atoms with van der Waals surface area (Å²) in [7, 11) is 1.89. The van der Waals surface area contributed by atoms with Gasteiger partial charge in [-0.1, -0.05) is 19.3 Å². The number of hydrogen-bond acceptors (Lipinski definition) is 2. The Hall–Kier alpha value is -1.06. The maximum atomic E-state index is 12.4. The summed E-state index contributed by atoms with van der Waals surface area (Å²) >= 11 is 0. The van der Waals surface area contributed by atoms with Crippen LogP contribution >= 0.6 is 0 Å². The number of carbonyl (C=O) groups is 2. The molecule has 102 valence electrons. The Morgan fingerprint density at radius 1 is 1.00 bits per heavy atom. The SMILES string of the molecule is CN(C(=O)C1CCCC(C(=O)O)C1)C1CCCC1. The molecule has 4 heteroatoms. The number of rotatable bonds is 3. The lowest BCUT2D eigenvalue weighted by Gasteiger charge is -2.32. The van der Waals surface area contributed by atoms with E-state index in [2.05, 4.69) is 0 Å². The van der Waals surface area contributed by atoms with Crippen molar-refractivity contribution in [3.05, 3.63) is 0 Å². The van der Waals surface area contributed by atoms with Crippen LogP contribution in [0, 0.1) is 11.8 Å². The normalized spacial score (nSPS) is 29.2. The number of carboxylic acids is 1. The zero-order valence-electron chi connectivity index (χ0n) is 11.1. The van der Waals surface area contributed by atoms with Gasteiger partial charge in [-0.05, 0) is 32.1 Å². The van der Waals surface area contributed by atoms with E-state index >= 15 is 0 Å². The van der Waals surface area contributed by atoms with Gasteiger partial charge in [0, 0.05) is 19.0 Å². The van der Waals surface area contributed by atoms with Crippen LogP contribution in [0.5, 0.6) is 0 Å². The van der Waals surface area contributed by atoms with Crippen molar-refractivity contribution in [3.8, 4) is 0 Å². The first kappa shape index (κ1) is 13.4. The smallest absolute Gasteiger partial charge is 0.306 e. The second kappa shape index (κ2) is 5.72. The van der Waals surface area contributed by atoms with Crippen molar-refractivity contribution in [2.45, 2.75) is 57.4 Å². The van der Waals surface area contributed by atoms with Gasteiger partial charge in [0.1, 0.15) is 0 Å². The molecule has 2 fully saturated rings. The molecule has 0 heterocycles.